The maximum absolute atomic E-state index is 12.5. The molecule has 3 rings (SSSR count). The molecule has 0 spiro atoms. The van der Waals surface area contributed by atoms with Crippen molar-refractivity contribution in [3.05, 3.63) is 59.2 Å². The van der Waals surface area contributed by atoms with E-state index in [1.54, 1.807) is 0 Å². The van der Waals surface area contributed by atoms with Gasteiger partial charge in [-0.15, -0.1) is 0 Å². The first kappa shape index (κ1) is 19.9. The average Bonchev–Trinajstić information content (AvgIpc) is 2.69. The normalized spacial score (nSPS) is 14.4. The molecule has 0 aliphatic heterocycles. The number of hydrogen-bond donors (Lipinski definition) is 3. The molecule has 5 nitrogen and oxygen atoms in total. The molecule has 0 saturated heterocycles. The smallest absolute Gasteiger partial charge is 0.251 e. The number of benzene rings is 2. The summed E-state index contributed by atoms with van der Waals surface area (Å²) in [7, 11) is 0. The molecular weight excluding hydrogens is 350 g/mol. The standard InChI is InChI=1S/C23H29N3O2/c1-16-8-11-20(12-9-16)25-22(27)15-24-21-13-10-18(14-17(21)2)23(28)26-19-6-4-3-5-7-19/h8-14,19,24H,3-7,15H2,1-2H3,(H,25,27)(H,26,28). The molecule has 1 aliphatic rings. The van der Waals surface area contributed by atoms with Crippen LogP contribution in [0, 0.1) is 13.8 Å². The molecule has 2 aromatic carbocycles. The summed E-state index contributed by atoms with van der Waals surface area (Å²) in [6.45, 7) is 4.12. The van der Waals surface area contributed by atoms with Crippen LogP contribution >= 0.6 is 0 Å². The van der Waals surface area contributed by atoms with Crippen molar-refractivity contribution in [3.8, 4) is 0 Å². The first-order chi connectivity index (χ1) is 13.5. The third-order valence-electron chi connectivity index (χ3n) is 5.20. The van der Waals surface area contributed by atoms with Crippen molar-refractivity contribution in [2.24, 2.45) is 0 Å². The Morgan fingerprint density at radius 1 is 0.964 bits per heavy atom. The van der Waals surface area contributed by atoms with Gasteiger partial charge in [0.15, 0.2) is 0 Å². The number of anilines is 2. The maximum Gasteiger partial charge on any atom is 0.251 e. The molecule has 3 N–H and O–H groups in total. The van der Waals surface area contributed by atoms with E-state index in [2.05, 4.69) is 16.0 Å². The van der Waals surface area contributed by atoms with Gasteiger partial charge in [-0.3, -0.25) is 9.59 Å². The Hall–Kier alpha value is -2.82. The molecular formula is C23H29N3O2. The quantitative estimate of drug-likeness (QED) is 0.696. The number of carbonyl (C=O) groups is 2. The van der Waals surface area contributed by atoms with Gasteiger partial charge in [-0.25, -0.2) is 0 Å². The van der Waals surface area contributed by atoms with E-state index in [0.717, 1.165) is 35.3 Å². The summed E-state index contributed by atoms with van der Waals surface area (Å²) in [4.78, 5) is 24.6. The van der Waals surface area contributed by atoms with Crippen LogP contribution in [0.5, 0.6) is 0 Å². The van der Waals surface area contributed by atoms with Crippen LogP contribution in [0.1, 0.15) is 53.6 Å². The Labute approximate surface area is 166 Å². The lowest BCUT2D eigenvalue weighted by Gasteiger charge is -2.23. The van der Waals surface area contributed by atoms with Crippen molar-refractivity contribution in [2.75, 3.05) is 17.2 Å². The Bertz CT molecular complexity index is 824. The highest BCUT2D eigenvalue weighted by Gasteiger charge is 2.17. The molecule has 1 aliphatic carbocycles. The largest absolute Gasteiger partial charge is 0.376 e. The monoisotopic (exact) mass is 379 g/mol. The minimum Gasteiger partial charge on any atom is -0.376 e. The van der Waals surface area contributed by atoms with E-state index in [1.165, 1.54) is 19.3 Å². The van der Waals surface area contributed by atoms with Crippen molar-refractivity contribution in [1.29, 1.82) is 0 Å². The molecule has 2 aromatic rings. The van der Waals surface area contributed by atoms with E-state index >= 15 is 0 Å². The molecule has 1 fully saturated rings. The predicted octanol–water partition coefficient (Wildman–Crippen LogP) is 4.42. The third kappa shape index (κ3) is 5.59. The van der Waals surface area contributed by atoms with Gasteiger partial charge in [-0.2, -0.15) is 0 Å². The second-order valence-electron chi connectivity index (χ2n) is 7.61. The molecule has 0 heterocycles. The number of carbonyl (C=O) groups excluding carboxylic acids is 2. The van der Waals surface area contributed by atoms with Crippen molar-refractivity contribution in [1.82, 2.24) is 5.32 Å². The average molecular weight is 380 g/mol. The molecule has 2 amide bonds. The second-order valence-corrected chi connectivity index (χ2v) is 7.61. The Balaban J connectivity index is 1.52. The van der Waals surface area contributed by atoms with Crippen LogP contribution in [0.25, 0.3) is 0 Å². The van der Waals surface area contributed by atoms with Crippen LogP contribution in [0.4, 0.5) is 11.4 Å². The summed E-state index contributed by atoms with van der Waals surface area (Å²) < 4.78 is 0. The van der Waals surface area contributed by atoms with Gasteiger partial charge in [-0.05, 0) is 62.6 Å². The van der Waals surface area contributed by atoms with Gasteiger partial charge in [0.25, 0.3) is 5.91 Å². The van der Waals surface area contributed by atoms with Crippen molar-refractivity contribution >= 4 is 23.2 Å². The Kier molecular flexibility index (Phi) is 6.69. The van der Waals surface area contributed by atoms with E-state index < -0.39 is 0 Å². The van der Waals surface area contributed by atoms with Gasteiger partial charge < -0.3 is 16.0 Å². The zero-order valence-corrected chi connectivity index (χ0v) is 16.7. The number of hydrogen-bond acceptors (Lipinski definition) is 3. The van der Waals surface area contributed by atoms with E-state index in [1.807, 2.05) is 56.3 Å². The van der Waals surface area contributed by atoms with Crippen LogP contribution in [-0.2, 0) is 4.79 Å². The summed E-state index contributed by atoms with van der Waals surface area (Å²) in [5, 5.41) is 9.16. The summed E-state index contributed by atoms with van der Waals surface area (Å²) in [6.07, 6.45) is 5.79. The fourth-order valence-corrected chi connectivity index (χ4v) is 3.54. The summed E-state index contributed by atoms with van der Waals surface area (Å²) >= 11 is 0. The molecule has 0 atom stereocenters. The van der Waals surface area contributed by atoms with Gasteiger partial charge in [0.1, 0.15) is 0 Å². The number of rotatable bonds is 6. The highest BCUT2D eigenvalue weighted by Crippen LogP contribution is 2.20. The maximum atomic E-state index is 12.5. The van der Waals surface area contributed by atoms with Crippen LogP contribution in [0.2, 0.25) is 0 Å². The van der Waals surface area contributed by atoms with E-state index in [4.69, 9.17) is 0 Å². The van der Waals surface area contributed by atoms with Crippen molar-refractivity contribution < 1.29 is 9.59 Å². The van der Waals surface area contributed by atoms with Crippen molar-refractivity contribution in [3.63, 3.8) is 0 Å². The van der Waals surface area contributed by atoms with Crippen LogP contribution < -0.4 is 16.0 Å². The number of nitrogens with one attached hydrogen (secondary N) is 3. The summed E-state index contributed by atoms with van der Waals surface area (Å²) in [5.41, 5.74) is 4.40. The van der Waals surface area contributed by atoms with Crippen LogP contribution in [-0.4, -0.2) is 24.4 Å². The predicted molar refractivity (Wildman–Crippen MR) is 114 cm³/mol. The molecule has 1 saturated carbocycles. The molecule has 0 unspecified atom stereocenters. The van der Waals surface area contributed by atoms with E-state index in [-0.39, 0.29) is 18.4 Å². The Morgan fingerprint density at radius 2 is 1.68 bits per heavy atom. The lowest BCUT2D eigenvalue weighted by Crippen LogP contribution is -2.36. The lowest BCUT2D eigenvalue weighted by atomic mass is 9.95. The molecule has 0 radical (unpaired) electrons. The first-order valence-corrected chi connectivity index (χ1v) is 10.0. The fraction of sp³-hybridized carbons (Fsp3) is 0.391. The number of aryl methyl sites for hydroxylation is 2. The fourth-order valence-electron chi connectivity index (χ4n) is 3.54. The van der Waals surface area contributed by atoms with Crippen LogP contribution in [0.3, 0.4) is 0 Å². The molecule has 28 heavy (non-hydrogen) atoms. The van der Waals surface area contributed by atoms with Gasteiger partial charge in [-0.1, -0.05) is 37.0 Å². The van der Waals surface area contributed by atoms with Gasteiger partial charge in [0.2, 0.25) is 5.91 Å². The van der Waals surface area contributed by atoms with Gasteiger partial charge in [0, 0.05) is 23.0 Å². The van der Waals surface area contributed by atoms with Gasteiger partial charge in [0.05, 0.1) is 6.54 Å². The molecule has 148 valence electrons. The number of amides is 2. The highest BCUT2D eigenvalue weighted by molar-refractivity contribution is 5.96. The zero-order chi connectivity index (χ0) is 19.9. The minimum absolute atomic E-state index is 0.0151. The minimum atomic E-state index is -0.109. The molecule has 5 heteroatoms. The Morgan fingerprint density at radius 3 is 2.36 bits per heavy atom. The van der Waals surface area contributed by atoms with Crippen molar-refractivity contribution in [2.45, 2.75) is 52.0 Å². The van der Waals surface area contributed by atoms with Crippen LogP contribution in [0.15, 0.2) is 42.5 Å². The van der Waals surface area contributed by atoms with E-state index in [9.17, 15) is 9.59 Å². The topological polar surface area (TPSA) is 70.2 Å². The summed E-state index contributed by atoms with van der Waals surface area (Å²) in [6, 6.07) is 13.5. The first-order valence-electron chi connectivity index (χ1n) is 10.0. The highest BCUT2D eigenvalue weighted by atomic mass is 16.2. The zero-order valence-electron chi connectivity index (χ0n) is 16.7. The third-order valence-corrected chi connectivity index (χ3v) is 5.20. The molecule has 0 aromatic heterocycles. The molecule has 0 bridgehead atoms. The SMILES string of the molecule is Cc1ccc(NC(=O)CNc2ccc(C(=O)NC3CCCCC3)cc2C)cc1. The summed E-state index contributed by atoms with van der Waals surface area (Å²) in [5.74, 6) is -0.124. The van der Waals surface area contributed by atoms with E-state index in [0.29, 0.717) is 11.6 Å². The lowest BCUT2D eigenvalue weighted by molar-refractivity contribution is -0.114. The second kappa shape index (κ2) is 9.40. The van der Waals surface area contributed by atoms with Gasteiger partial charge >= 0.3 is 0 Å².